The third-order valence-electron chi connectivity index (χ3n) is 4.72. The van der Waals surface area contributed by atoms with Crippen molar-refractivity contribution < 1.29 is 17.9 Å². The largest absolute Gasteiger partial charge is 0.497 e. The zero-order valence-electron chi connectivity index (χ0n) is 13.5. The van der Waals surface area contributed by atoms with E-state index in [9.17, 15) is 13.2 Å². The van der Waals surface area contributed by atoms with E-state index in [2.05, 4.69) is 0 Å². The number of alkyl halides is 3. The summed E-state index contributed by atoms with van der Waals surface area (Å²) in [6.45, 7) is -0.0684. The van der Waals surface area contributed by atoms with Crippen molar-refractivity contribution in [2.45, 2.75) is 18.0 Å². The highest BCUT2D eigenvalue weighted by atomic mass is 19.4. The molecule has 1 saturated heterocycles. The predicted octanol–water partition coefficient (Wildman–Crippen LogP) is 4.25. The Balaban J connectivity index is 1.97. The molecule has 0 aromatic heterocycles. The molecule has 1 aliphatic heterocycles. The Morgan fingerprint density at radius 3 is 2.21 bits per heavy atom. The second kappa shape index (κ2) is 6.48. The van der Waals surface area contributed by atoms with Crippen LogP contribution in [-0.4, -0.2) is 37.8 Å². The quantitative estimate of drug-likeness (QED) is 0.828. The van der Waals surface area contributed by atoms with Gasteiger partial charge in [0.2, 0.25) is 0 Å². The van der Waals surface area contributed by atoms with E-state index in [1.165, 1.54) is 4.90 Å². The molecule has 0 aliphatic carbocycles. The van der Waals surface area contributed by atoms with E-state index in [4.69, 9.17) is 4.74 Å². The molecule has 1 fully saturated rings. The van der Waals surface area contributed by atoms with Crippen LogP contribution in [0.2, 0.25) is 0 Å². The summed E-state index contributed by atoms with van der Waals surface area (Å²) in [4.78, 5) is 1.50. The molecular weight excluding hydrogens is 315 g/mol. The Bertz CT molecular complexity index is 669. The van der Waals surface area contributed by atoms with Gasteiger partial charge in [-0.1, -0.05) is 42.5 Å². The topological polar surface area (TPSA) is 12.5 Å². The zero-order chi connectivity index (χ0) is 17.2. The number of halogens is 3. The lowest BCUT2D eigenvalue weighted by molar-refractivity contribution is -0.143. The minimum absolute atomic E-state index is 0.364. The van der Waals surface area contributed by atoms with E-state index in [0.717, 1.165) is 16.9 Å². The van der Waals surface area contributed by atoms with E-state index in [1.54, 1.807) is 7.11 Å². The molecule has 1 atom stereocenters. The van der Waals surface area contributed by atoms with Gasteiger partial charge in [-0.25, -0.2) is 0 Å². The Labute approximate surface area is 139 Å². The van der Waals surface area contributed by atoms with E-state index in [0.29, 0.717) is 19.5 Å². The Hall–Kier alpha value is -2.01. The minimum atomic E-state index is -4.17. The molecule has 2 aromatic rings. The molecular formula is C19H20F3NO. The van der Waals surface area contributed by atoms with Crippen LogP contribution in [0.25, 0.3) is 0 Å². The van der Waals surface area contributed by atoms with Crippen LogP contribution in [-0.2, 0) is 5.41 Å². The van der Waals surface area contributed by atoms with Crippen molar-refractivity contribution in [2.75, 3.05) is 26.7 Å². The summed E-state index contributed by atoms with van der Waals surface area (Å²) in [5.41, 5.74) is 1.66. The van der Waals surface area contributed by atoms with E-state index in [-0.39, 0.29) is 0 Å². The highest BCUT2D eigenvalue weighted by Crippen LogP contribution is 2.42. The normalized spacial score (nSPS) is 21.8. The first-order valence-corrected chi connectivity index (χ1v) is 7.92. The van der Waals surface area contributed by atoms with Gasteiger partial charge in [0.1, 0.15) is 5.75 Å². The van der Waals surface area contributed by atoms with E-state index < -0.39 is 18.1 Å². The Kier molecular flexibility index (Phi) is 4.54. The van der Waals surface area contributed by atoms with E-state index >= 15 is 0 Å². The standard InChI is InChI=1S/C19H20F3NO/c1-24-17-9-7-16(8-10-17)18(15-5-3-2-4-6-15)11-12-23(13-18)14-19(20,21)22/h2-10H,11-14H2,1H3. The summed E-state index contributed by atoms with van der Waals surface area (Å²) in [5, 5.41) is 0. The summed E-state index contributed by atoms with van der Waals surface area (Å²) in [6, 6.07) is 17.5. The number of hydrogen-bond donors (Lipinski definition) is 0. The predicted molar refractivity (Wildman–Crippen MR) is 87.3 cm³/mol. The summed E-state index contributed by atoms with van der Waals surface area (Å²) in [7, 11) is 1.60. The SMILES string of the molecule is COc1ccc(C2(c3ccccc3)CCN(CC(F)(F)F)C2)cc1. The molecule has 1 aliphatic rings. The first kappa shape index (κ1) is 16.8. The van der Waals surface area contributed by atoms with Crippen LogP contribution in [0, 0.1) is 0 Å². The third kappa shape index (κ3) is 3.41. The van der Waals surface area contributed by atoms with Gasteiger partial charge in [-0.2, -0.15) is 13.2 Å². The lowest BCUT2D eigenvalue weighted by atomic mass is 9.74. The second-order valence-electron chi connectivity index (χ2n) is 6.25. The van der Waals surface area contributed by atoms with Gasteiger partial charge >= 0.3 is 6.18 Å². The molecule has 0 saturated carbocycles. The van der Waals surface area contributed by atoms with Gasteiger partial charge in [-0.05, 0) is 36.2 Å². The van der Waals surface area contributed by atoms with Gasteiger partial charge < -0.3 is 4.74 Å². The van der Waals surface area contributed by atoms with Gasteiger partial charge in [0.25, 0.3) is 0 Å². The van der Waals surface area contributed by atoms with Crippen LogP contribution in [0.1, 0.15) is 17.5 Å². The molecule has 24 heavy (non-hydrogen) atoms. The van der Waals surface area contributed by atoms with Crippen molar-refractivity contribution in [3.05, 3.63) is 65.7 Å². The first-order valence-electron chi connectivity index (χ1n) is 7.92. The molecule has 2 aromatic carbocycles. The van der Waals surface area contributed by atoms with Crippen molar-refractivity contribution in [1.29, 1.82) is 0 Å². The van der Waals surface area contributed by atoms with Gasteiger partial charge in [0, 0.05) is 12.0 Å². The van der Waals surface area contributed by atoms with Crippen LogP contribution >= 0.6 is 0 Å². The number of methoxy groups -OCH3 is 1. The first-order chi connectivity index (χ1) is 11.4. The molecule has 0 amide bonds. The number of nitrogens with zero attached hydrogens (tertiary/aromatic N) is 1. The molecule has 2 nitrogen and oxygen atoms in total. The minimum Gasteiger partial charge on any atom is -0.497 e. The van der Waals surface area contributed by atoms with Crippen LogP contribution in [0.5, 0.6) is 5.75 Å². The number of ether oxygens (including phenoxy) is 1. The number of likely N-dealkylation sites (tertiary alicyclic amines) is 1. The second-order valence-corrected chi connectivity index (χ2v) is 6.25. The van der Waals surface area contributed by atoms with Crippen molar-refractivity contribution in [2.24, 2.45) is 0 Å². The molecule has 0 N–H and O–H groups in total. The number of hydrogen-bond acceptors (Lipinski definition) is 2. The lowest BCUT2D eigenvalue weighted by Crippen LogP contribution is -2.37. The fraction of sp³-hybridized carbons (Fsp3) is 0.368. The lowest BCUT2D eigenvalue weighted by Gasteiger charge is -2.31. The van der Waals surface area contributed by atoms with Crippen molar-refractivity contribution in [3.63, 3.8) is 0 Å². The van der Waals surface area contributed by atoms with Crippen molar-refractivity contribution >= 4 is 0 Å². The average molecular weight is 335 g/mol. The fourth-order valence-corrected chi connectivity index (χ4v) is 3.58. The van der Waals surface area contributed by atoms with Crippen molar-refractivity contribution in [3.8, 4) is 5.75 Å². The Morgan fingerprint density at radius 1 is 1.00 bits per heavy atom. The highest BCUT2D eigenvalue weighted by molar-refractivity contribution is 5.43. The highest BCUT2D eigenvalue weighted by Gasteiger charge is 2.44. The van der Waals surface area contributed by atoms with Crippen LogP contribution < -0.4 is 4.74 Å². The van der Waals surface area contributed by atoms with Crippen LogP contribution in [0.4, 0.5) is 13.2 Å². The molecule has 5 heteroatoms. The van der Waals surface area contributed by atoms with Gasteiger partial charge in [0.05, 0.1) is 13.7 Å². The molecule has 0 bridgehead atoms. The molecule has 1 unspecified atom stereocenters. The number of rotatable bonds is 4. The summed E-state index contributed by atoms with van der Waals surface area (Å²) in [5.74, 6) is 0.743. The maximum Gasteiger partial charge on any atom is 0.401 e. The third-order valence-corrected chi connectivity index (χ3v) is 4.72. The smallest absolute Gasteiger partial charge is 0.401 e. The molecule has 0 spiro atoms. The van der Waals surface area contributed by atoms with E-state index in [1.807, 2.05) is 54.6 Å². The summed E-state index contributed by atoms with van der Waals surface area (Å²) >= 11 is 0. The maximum absolute atomic E-state index is 12.8. The summed E-state index contributed by atoms with van der Waals surface area (Å²) in [6.07, 6.45) is -3.51. The van der Waals surface area contributed by atoms with Gasteiger partial charge in [0.15, 0.2) is 0 Å². The zero-order valence-corrected chi connectivity index (χ0v) is 13.5. The molecule has 128 valence electrons. The van der Waals surface area contributed by atoms with Gasteiger partial charge in [-0.3, -0.25) is 4.90 Å². The monoisotopic (exact) mass is 335 g/mol. The van der Waals surface area contributed by atoms with Gasteiger partial charge in [-0.15, -0.1) is 0 Å². The molecule has 1 heterocycles. The maximum atomic E-state index is 12.8. The Morgan fingerprint density at radius 2 is 1.62 bits per heavy atom. The number of benzene rings is 2. The molecule has 3 rings (SSSR count). The summed E-state index contributed by atoms with van der Waals surface area (Å²) < 4.78 is 43.6. The fourth-order valence-electron chi connectivity index (χ4n) is 3.58. The average Bonchev–Trinajstić information content (AvgIpc) is 2.99. The molecule has 0 radical (unpaired) electrons. The van der Waals surface area contributed by atoms with Crippen molar-refractivity contribution in [1.82, 2.24) is 4.90 Å². The van der Waals surface area contributed by atoms with Crippen LogP contribution in [0.15, 0.2) is 54.6 Å². The van der Waals surface area contributed by atoms with Crippen LogP contribution in [0.3, 0.4) is 0 Å².